The van der Waals surface area contributed by atoms with Gasteiger partial charge < -0.3 is 35.4 Å². The number of rotatable bonds is 11. The van der Waals surface area contributed by atoms with Crippen LogP contribution in [0, 0.1) is 65.2 Å². The van der Waals surface area contributed by atoms with Crippen LogP contribution in [0.15, 0.2) is 165 Å². The van der Waals surface area contributed by atoms with Crippen LogP contribution in [0.4, 0.5) is 39.5 Å². The third-order valence-electron chi connectivity index (χ3n) is 11.1. The van der Waals surface area contributed by atoms with Gasteiger partial charge in [-0.25, -0.2) is 28.3 Å². The Morgan fingerprint density at radius 2 is 1.04 bits per heavy atom. The molecule has 8 aromatic heterocycles. The molecule has 473 valence electrons. The molecule has 13 nitrogen and oxygen atoms in total. The number of alkyl halides is 3. The second kappa shape index (κ2) is 38.4. The van der Waals surface area contributed by atoms with Crippen molar-refractivity contribution in [3.05, 3.63) is 252 Å². The smallest absolute Gasteiger partial charge is 0.431 e. The fraction of sp³-hybridized carbons (Fsp3) is 0.188. The first-order valence-electron chi connectivity index (χ1n) is 26.0. The third-order valence-corrected chi connectivity index (χ3v) is 11.1. The Balaban J connectivity index is 0.000000368. The Morgan fingerprint density at radius 3 is 1.49 bits per heavy atom. The maximum atomic E-state index is 14.2. The number of aromatic carboxylic acids is 2. The van der Waals surface area contributed by atoms with Crippen LogP contribution in [0.5, 0.6) is 0 Å². The Bertz CT molecular complexity index is 3680. The van der Waals surface area contributed by atoms with Crippen molar-refractivity contribution >= 4 is 11.9 Å². The summed E-state index contributed by atoms with van der Waals surface area (Å²) in [5, 5.41) is 23.1. The molecule has 89 heavy (non-hydrogen) atoms. The normalized spacial score (nSPS) is 10.3. The van der Waals surface area contributed by atoms with E-state index in [1.807, 2.05) is 12.1 Å². The molecule has 0 aliphatic rings. The van der Waals surface area contributed by atoms with Gasteiger partial charge in [0.2, 0.25) is 0 Å². The summed E-state index contributed by atoms with van der Waals surface area (Å²) in [6.45, 7) is 12.0. The van der Waals surface area contributed by atoms with Crippen LogP contribution in [-0.4, -0.2) is 62.1 Å². The quantitative estimate of drug-likeness (QED) is 0.0707. The number of hydrogen-bond acceptors (Lipinski definition) is 10. The molecule has 0 spiro atoms. The van der Waals surface area contributed by atoms with E-state index < -0.39 is 59.0 Å². The summed E-state index contributed by atoms with van der Waals surface area (Å²) in [5.74, 6) is -5.31. The summed E-state index contributed by atoms with van der Waals surface area (Å²) in [7, 11) is 0. The van der Waals surface area contributed by atoms with E-state index in [9.17, 15) is 49.1 Å². The van der Waals surface area contributed by atoms with Gasteiger partial charge in [-0.1, -0.05) is 136 Å². The number of carboxylic acid groups (broad SMARTS) is 2. The van der Waals surface area contributed by atoms with E-state index in [1.165, 1.54) is 36.8 Å². The van der Waals surface area contributed by atoms with E-state index in [1.54, 1.807) is 105 Å². The predicted octanol–water partition coefficient (Wildman–Crippen LogP) is 15.1. The van der Waals surface area contributed by atoms with E-state index in [0.29, 0.717) is 34.6 Å². The van der Waals surface area contributed by atoms with Gasteiger partial charge in [-0.3, -0.25) is 27.5 Å². The van der Waals surface area contributed by atoms with Crippen molar-refractivity contribution in [2.75, 3.05) is 0 Å². The molecule has 0 bridgehead atoms. The molecule has 10 rings (SSSR count). The van der Waals surface area contributed by atoms with Crippen LogP contribution >= 0.6 is 0 Å². The Hall–Kier alpha value is -8.04. The van der Waals surface area contributed by atoms with Crippen LogP contribution < -0.4 is 5.10 Å². The minimum Gasteiger partial charge on any atom is -0.573 e. The second-order valence-electron chi connectivity index (χ2n) is 19.2. The third kappa shape index (κ3) is 25.5. The van der Waals surface area contributed by atoms with Crippen molar-refractivity contribution in [3.63, 3.8) is 0 Å². The molecule has 0 fully saturated rings. The number of hydrogen-bond donors (Lipinski definition) is 2. The number of carbonyl (C=O) groups is 2. The molecular formula is C64H54F9Ir3N9O4-4. The number of pyridine rings is 7. The molecule has 0 atom stereocenters. The summed E-state index contributed by atoms with van der Waals surface area (Å²) in [5.41, 5.74) is 3.81. The average molecular weight is 1760 g/mol. The Morgan fingerprint density at radius 1 is 0.528 bits per heavy atom. The monoisotopic (exact) mass is 1760 g/mol. The van der Waals surface area contributed by atoms with Crippen molar-refractivity contribution in [3.8, 4) is 45.2 Å². The van der Waals surface area contributed by atoms with E-state index in [-0.39, 0.29) is 106 Å². The summed E-state index contributed by atoms with van der Waals surface area (Å²) < 4.78 is 117. The number of benzene rings is 2. The molecule has 0 saturated carbocycles. The van der Waals surface area contributed by atoms with E-state index >= 15 is 0 Å². The van der Waals surface area contributed by atoms with Gasteiger partial charge in [0.25, 0.3) is 0 Å². The van der Waals surface area contributed by atoms with Crippen molar-refractivity contribution in [1.29, 1.82) is 0 Å². The van der Waals surface area contributed by atoms with Gasteiger partial charge in [0.1, 0.15) is 29.0 Å². The molecule has 0 unspecified atom stereocenters. The van der Waals surface area contributed by atoms with Gasteiger partial charge in [0, 0.05) is 126 Å². The van der Waals surface area contributed by atoms with E-state index in [2.05, 4.69) is 91.0 Å². The number of carboxylic acids is 2. The zero-order valence-electron chi connectivity index (χ0n) is 47.9. The SMILES string of the molecule is CC(C)Cc1ccc(-c2[c-]cc(F)cc2F)nc1.CC(C)Cc1ccnc(-c2[c-]cc(F)nc2F)c1.CC(C)c1c(F)c[c-]c(-c2ccccn2)c1F.FC(F)(F)c1cc(-c2ccccn2)[n-]n1.O=C(O)c1ccccn1.O=C(O)c1ccccn1.[Ir].[Ir].[Ir]. The van der Waals surface area contributed by atoms with Crippen LogP contribution in [0.2, 0.25) is 0 Å². The molecule has 10 aromatic rings. The fourth-order valence-electron chi connectivity index (χ4n) is 7.36. The molecule has 3 radical (unpaired) electrons. The molecule has 25 heteroatoms. The molecule has 2 N–H and O–H groups in total. The molecule has 0 aliphatic heterocycles. The molecular weight excluding hydrogens is 1710 g/mol. The first-order valence-corrected chi connectivity index (χ1v) is 26.0. The summed E-state index contributed by atoms with van der Waals surface area (Å²) >= 11 is 0. The van der Waals surface area contributed by atoms with Gasteiger partial charge in [0.15, 0.2) is 0 Å². The molecule has 0 saturated heterocycles. The summed E-state index contributed by atoms with van der Waals surface area (Å²) in [4.78, 5) is 46.8. The van der Waals surface area contributed by atoms with E-state index in [0.717, 1.165) is 48.2 Å². The Kier molecular flexibility index (Phi) is 33.2. The predicted molar refractivity (Wildman–Crippen MR) is 302 cm³/mol. The zero-order chi connectivity index (χ0) is 62.9. The average Bonchev–Trinajstić information content (AvgIpc) is 2.90. The minimum atomic E-state index is -4.46. The van der Waals surface area contributed by atoms with Crippen LogP contribution in [-0.2, 0) is 79.3 Å². The van der Waals surface area contributed by atoms with Crippen molar-refractivity contribution in [2.24, 2.45) is 11.8 Å². The van der Waals surface area contributed by atoms with Crippen LogP contribution in [0.25, 0.3) is 45.2 Å². The van der Waals surface area contributed by atoms with E-state index in [4.69, 9.17) is 10.2 Å². The van der Waals surface area contributed by atoms with Crippen molar-refractivity contribution in [1.82, 2.24) is 45.1 Å². The number of halogens is 9. The first-order chi connectivity index (χ1) is 40.9. The van der Waals surface area contributed by atoms with Crippen molar-refractivity contribution < 1.29 is 120 Å². The standard InChI is InChI=1S/C15H14F2N.C14H13F2N2.C14H12F2N.C9H5F3N3.2C6H5NO2.3Ir/c1-10(2)7-11-3-6-15(18-9-11)13-5-4-12(16)8-14(13)17;1-9(2)7-10-5-6-17-12(8-10)11-3-4-13(15)18-14(11)16;1-9(2)13-11(15)7-6-10(14(13)16)12-5-3-4-8-17-12;10-9(11,12)8-5-7(14-15-8)6-3-1-2-4-13-6;2*8-6(9)5-3-1-2-4-7-5;;;/h3-4,6,8-10H,7H2,1-2H3;4-6,8-9H,7H2,1-2H3;3-5,7-9H,1-2H3;1-5H;2*1-4H,(H,8,9);;;/q4*-1;;;;;. The van der Waals surface area contributed by atoms with Crippen LogP contribution in [0.1, 0.15) is 90.8 Å². The largest absolute Gasteiger partial charge is 0.573 e. The topological polar surface area (TPSA) is 192 Å². The first kappa shape index (κ1) is 77.1. The number of aromatic nitrogens is 9. The van der Waals surface area contributed by atoms with Crippen LogP contribution in [0.3, 0.4) is 0 Å². The second-order valence-corrected chi connectivity index (χ2v) is 19.2. The molecule has 0 aliphatic carbocycles. The van der Waals surface area contributed by atoms with Gasteiger partial charge in [-0.15, -0.1) is 30.3 Å². The maximum absolute atomic E-state index is 14.2. The minimum absolute atomic E-state index is 0. The van der Waals surface area contributed by atoms with Gasteiger partial charge in [0.05, 0.1) is 0 Å². The summed E-state index contributed by atoms with van der Waals surface area (Å²) in [6.07, 6.45) is 6.65. The fourth-order valence-corrected chi connectivity index (χ4v) is 7.36. The van der Waals surface area contributed by atoms with Crippen molar-refractivity contribution in [2.45, 2.75) is 66.5 Å². The van der Waals surface area contributed by atoms with Gasteiger partial charge >= 0.3 is 18.1 Å². The molecule has 2 aromatic carbocycles. The number of nitrogens with zero attached hydrogens (tertiary/aromatic N) is 9. The van der Waals surface area contributed by atoms with Gasteiger partial charge in [-0.2, -0.15) is 13.2 Å². The zero-order valence-corrected chi connectivity index (χ0v) is 55.1. The molecule has 8 heterocycles. The molecule has 0 amide bonds. The maximum Gasteiger partial charge on any atom is 0.431 e. The van der Waals surface area contributed by atoms with Gasteiger partial charge in [-0.05, 0) is 108 Å². The Labute approximate surface area is 548 Å². The summed E-state index contributed by atoms with van der Waals surface area (Å²) in [6, 6.07) is 39.6.